The van der Waals surface area contributed by atoms with Crippen LogP contribution in [0.3, 0.4) is 0 Å². The Balaban J connectivity index is 2.65. The van der Waals surface area contributed by atoms with Crippen LogP contribution in [0.1, 0.15) is 131 Å². The molecular formula is C26H52S. The first-order chi connectivity index (χ1) is 13.2. The fourth-order valence-electron chi connectivity index (χ4n) is 5.54. The second kappa shape index (κ2) is 16.2. The molecule has 0 aromatic rings. The van der Waals surface area contributed by atoms with Crippen molar-refractivity contribution in [3.63, 3.8) is 0 Å². The lowest BCUT2D eigenvalue weighted by molar-refractivity contribution is 0.108. The van der Waals surface area contributed by atoms with Gasteiger partial charge in [0.15, 0.2) is 0 Å². The number of thioether (sulfide) groups is 1. The molecule has 0 aliphatic heterocycles. The zero-order valence-electron chi connectivity index (χ0n) is 19.6. The smallest absolute Gasteiger partial charge is 0.00469 e. The van der Waals surface area contributed by atoms with Crippen LogP contribution in [0, 0.1) is 23.7 Å². The molecule has 1 fully saturated rings. The van der Waals surface area contributed by atoms with Crippen LogP contribution < -0.4 is 0 Å². The topological polar surface area (TPSA) is 0 Å². The number of rotatable bonds is 16. The van der Waals surface area contributed by atoms with Crippen LogP contribution in [0.2, 0.25) is 0 Å². The maximum atomic E-state index is 2.61. The van der Waals surface area contributed by atoms with E-state index in [4.69, 9.17) is 0 Å². The highest BCUT2D eigenvalue weighted by atomic mass is 32.2. The number of unbranched alkanes of at least 4 members (excludes halogenated alkanes) is 3. The molecule has 1 heteroatoms. The van der Waals surface area contributed by atoms with Crippen molar-refractivity contribution in [3.8, 4) is 0 Å². The molecule has 0 N–H and O–H groups in total. The van der Waals surface area contributed by atoms with Gasteiger partial charge in [-0.05, 0) is 55.1 Å². The molecule has 0 nitrogen and oxygen atoms in total. The Morgan fingerprint density at radius 3 is 1.89 bits per heavy atom. The molecule has 4 atom stereocenters. The predicted octanol–water partition coefficient (Wildman–Crippen LogP) is 9.52. The standard InChI is InChI=1S/C26H52S/c1-6-10-12-18-23(17-11-7-2)26-20-14-13-19-25(26)22(5)21-27-24(15-8-3)16-9-4/h22-26H,6-21H2,1-5H3. The summed E-state index contributed by atoms with van der Waals surface area (Å²) < 4.78 is 0. The maximum absolute atomic E-state index is 2.61. The number of hydrogen-bond acceptors (Lipinski definition) is 1. The molecule has 27 heavy (non-hydrogen) atoms. The highest BCUT2D eigenvalue weighted by Gasteiger charge is 2.34. The summed E-state index contributed by atoms with van der Waals surface area (Å²) in [6.45, 7) is 12.1. The summed E-state index contributed by atoms with van der Waals surface area (Å²) in [6, 6.07) is 0. The molecule has 1 saturated carbocycles. The fourth-order valence-corrected chi connectivity index (χ4v) is 7.17. The summed E-state index contributed by atoms with van der Waals surface area (Å²) in [6.07, 6.45) is 21.8. The van der Waals surface area contributed by atoms with Gasteiger partial charge in [-0.15, -0.1) is 0 Å². The summed E-state index contributed by atoms with van der Waals surface area (Å²) in [5.41, 5.74) is 0. The molecule has 4 unspecified atom stereocenters. The zero-order chi connectivity index (χ0) is 19.9. The molecule has 0 spiro atoms. The Hall–Kier alpha value is 0.350. The van der Waals surface area contributed by atoms with Crippen molar-refractivity contribution in [2.24, 2.45) is 23.7 Å². The molecule has 0 saturated heterocycles. The minimum atomic E-state index is 0.921. The lowest BCUT2D eigenvalue weighted by Crippen LogP contribution is -2.32. The van der Waals surface area contributed by atoms with Gasteiger partial charge in [0.25, 0.3) is 0 Å². The highest BCUT2D eigenvalue weighted by Crippen LogP contribution is 2.44. The molecule has 1 rings (SSSR count). The Kier molecular flexibility index (Phi) is 15.2. The van der Waals surface area contributed by atoms with Gasteiger partial charge in [-0.3, -0.25) is 0 Å². The van der Waals surface area contributed by atoms with Crippen molar-refractivity contribution in [3.05, 3.63) is 0 Å². The van der Waals surface area contributed by atoms with Crippen LogP contribution in [0.5, 0.6) is 0 Å². The van der Waals surface area contributed by atoms with E-state index in [1.54, 1.807) is 0 Å². The van der Waals surface area contributed by atoms with Crippen molar-refractivity contribution in [1.29, 1.82) is 0 Å². The van der Waals surface area contributed by atoms with Gasteiger partial charge in [0.05, 0.1) is 0 Å². The Labute approximate surface area is 177 Å². The van der Waals surface area contributed by atoms with E-state index in [2.05, 4.69) is 46.4 Å². The summed E-state index contributed by atoms with van der Waals surface area (Å²) >= 11 is 2.33. The average molecular weight is 397 g/mol. The van der Waals surface area contributed by atoms with E-state index < -0.39 is 0 Å². The van der Waals surface area contributed by atoms with E-state index in [0.29, 0.717) is 0 Å². The van der Waals surface area contributed by atoms with Crippen molar-refractivity contribution < 1.29 is 0 Å². The third-order valence-electron chi connectivity index (χ3n) is 7.13. The largest absolute Gasteiger partial charge is 0.158 e. The van der Waals surface area contributed by atoms with Gasteiger partial charge in [-0.25, -0.2) is 0 Å². The van der Waals surface area contributed by atoms with E-state index in [-0.39, 0.29) is 0 Å². The summed E-state index contributed by atoms with van der Waals surface area (Å²) in [4.78, 5) is 0. The lowest BCUT2D eigenvalue weighted by Gasteiger charge is -2.41. The lowest BCUT2D eigenvalue weighted by atomic mass is 9.66. The molecule has 0 aromatic heterocycles. The van der Waals surface area contributed by atoms with E-state index >= 15 is 0 Å². The van der Waals surface area contributed by atoms with Gasteiger partial charge >= 0.3 is 0 Å². The average Bonchev–Trinajstić information content (AvgIpc) is 2.69. The van der Waals surface area contributed by atoms with Gasteiger partial charge in [0, 0.05) is 5.25 Å². The van der Waals surface area contributed by atoms with Crippen molar-refractivity contribution >= 4 is 11.8 Å². The fraction of sp³-hybridized carbons (Fsp3) is 1.00. The molecule has 1 aliphatic rings. The van der Waals surface area contributed by atoms with Crippen LogP contribution in [0.4, 0.5) is 0 Å². The molecule has 162 valence electrons. The maximum Gasteiger partial charge on any atom is 0.00469 e. The monoisotopic (exact) mass is 396 g/mol. The van der Waals surface area contributed by atoms with Gasteiger partial charge in [0.1, 0.15) is 0 Å². The summed E-state index contributed by atoms with van der Waals surface area (Å²) in [5, 5.41) is 0.921. The van der Waals surface area contributed by atoms with Crippen molar-refractivity contribution in [2.75, 3.05) is 5.75 Å². The van der Waals surface area contributed by atoms with E-state index in [9.17, 15) is 0 Å². The van der Waals surface area contributed by atoms with Crippen LogP contribution in [-0.4, -0.2) is 11.0 Å². The van der Waals surface area contributed by atoms with Gasteiger partial charge in [-0.1, -0.05) is 105 Å². The molecule has 0 heterocycles. The normalized spacial score (nSPS) is 22.9. The molecule has 0 aromatic carbocycles. The van der Waals surface area contributed by atoms with E-state index in [1.807, 2.05) is 0 Å². The van der Waals surface area contributed by atoms with Crippen molar-refractivity contribution in [2.45, 2.75) is 136 Å². The van der Waals surface area contributed by atoms with Gasteiger partial charge < -0.3 is 0 Å². The quantitative estimate of drug-likeness (QED) is 0.234. The van der Waals surface area contributed by atoms with Crippen LogP contribution in [-0.2, 0) is 0 Å². The Bertz CT molecular complexity index is 320. The predicted molar refractivity (Wildman–Crippen MR) is 128 cm³/mol. The number of hydrogen-bond donors (Lipinski definition) is 0. The van der Waals surface area contributed by atoms with E-state index in [0.717, 1.165) is 28.9 Å². The highest BCUT2D eigenvalue weighted by molar-refractivity contribution is 7.99. The van der Waals surface area contributed by atoms with E-state index in [1.165, 1.54) is 102 Å². The van der Waals surface area contributed by atoms with Crippen molar-refractivity contribution in [1.82, 2.24) is 0 Å². The van der Waals surface area contributed by atoms with Gasteiger partial charge in [0.2, 0.25) is 0 Å². The second-order valence-electron chi connectivity index (χ2n) is 9.52. The first kappa shape index (κ1) is 25.4. The van der Waals surface area contributed by atoms with Crippen LogP contribution in [0.25, 0.3) is 0 Å². The third-order valence-corrected chi connectivity index (χ3v) is 8.80. The molecule has 0 amide bonds. The Morgan fingerprint density at radius 2 is 1.30 bits per heavy atom. The van der Waals surface area contributed by atoms with Crippen LogP contribution >= 0.6 is 11.8 Å². The molecule has 0 bridgehead atoms. The van der Waals surface area contributed by atoms with Gasteiger partial charge in [-0.2, -0.15) is 11.8 Å². The summed E-state index contributed by atoms with van der Waals surface area (Å²) in [7, 11) is 0. The molecule has 0 radical (unpaired) electrons. The third kappa shape index (κ3) is 10.1. The first-order valence-corrected chi connectivity index (χ1v) is 13.8. The summed E-state index contributed by atoms with van der Waals surface area (Å²) in [5.74, 6) is 5.41. The SMILES string of the molecule is CCCCCC(CCCC)C1CCCCC1C(C)CSC(CCC)CCC. The van der Waals surface area contributed by atoms with Crippen LogP contribution in [0.15, 0.2) is 0 Å². The Morgan fingerprint density at radius 1 is 0.704 bits per heavy atom. The second-order valence-corrected chi connectivity index (χ2v) is 10.9. The minimum absolute atomic E-state index is 0.921. The molecular weight excluding hydrogens is 344 g/mol. The first-order valence-electron chi connectivity index (χ1n) is 12.8. The molecule has 1 aliphatic carbocycles. The zero-order valence-corrected chi connectivity index (χ0v) is 20.4. The minimum Gasteiger partial charge on any atom is -0.158 e.